The maximum Gasteiger partial charge on any atom is 0.290 e. The Bertz CT molecular complexity index is 1250. The van der Waals surface area contributed by atoms with Crippen LogP contribution in [0.3, 0.4) is 0 Å². The molecule has 0 spiro atoms. The van der Waals surface area contributed by atoms with E-state index < -0.39 is 6.29 Å². The Morgan fingerprint density at radius 1 is 1.03 bits per heavy atom. The summed E-state index contributed by atoms with van der Waals surface area (Å²) in [5.74, 6) is -0.165. The molecule has 6 heteroatoms. The van der Waals surface area contributed by atoms with Crippen LogP contribution in [0.15, 0.2) is 78.6 Å². The number of hydrogen-bond donors (Lipinski definition) is 3. The molecule has 1 amide bonds. The predicted molar refractivity (Wildman–Crippen MR) is 137 cm³/mol. The molecule has 1 aliphatic carbocycles. The second-order valence-corrected chi connectivity index (χ2v) is 8.97. The fourth-order valence-corrected chi connectivity index (χ4v) is 4.89. The highest BCUT2D eigenvalue weighted by atomic mass is 16.7. The summed E-state index contributed by atoms with van der Waals surface area (Å²) in [7, 11) is 0. The second kappa shape index (κ2) is 10.3. The van der Waals surface area contributed by atoms with E-state index in [4.69, 9.17) is 20.3 Å². The average Bonchev–Trinajstić information content (AvgIpc) is 3.27. The molecule has 35 heavy (non-hydrogen) atoms. The van der Waals surface area contributed by atoms with Gasteiger partial charge in [-0.3, -0.25) is 4.79 Å². The monoisotopic (exact) mass is 470 g/mol. The Balaban J connectivity index is 1.44. The van der Waals surface area contributed by atoms with Crippen LogP contribution in [0.5, 0.6) is 0 Å². The van der Waals surface area contributed by atoms with Crippen molar-refractivity contribution in [2.45, 2.75) is 37.9 Å². The largest absolute Gasteiger partial charge is 0.459 e. The van der Waals surface area contributed by atoms with Crippen LogP contribution in [0.4, 0.5) is 11.4 Å². The Morgan fingerprint density at radius 2 is 1.83 bits per heavy atom. The molecule has 5 rings (SSSR count). The van der Waals surface area contributed by atoms with Gasteiger partial charge in [0.05, 0.1) is 18.0 Å². The quantitative estimate of drug-likeness (QED) is 0.249. The summed E-state index contributed by atoms with van der Waals surface area (Å²) in [6.07, 6.45) is 4.21. The molecule has 0 bridgehead atoms. The number of rotatable bonds is 8. The van der Waals surface area contributed by atoms with Crippen LogP contribution in [0, 0.1) is 0 Å². The van der Waals surface area contributed by atoms with Crippen LogP contribution >= 0.6 is 0 Å². The third kappa shape index (κ3) is 4.94. The SMILES string of the molecule is Nc1ccccc1NC(=O)C1=C[C@@H](c2cccc3c2Cc2ccccc2-3)C[C@@H](OCCCCO)O1. The molecule has 0 saturated heterocycles. The van der Waals surface area contributed by atoms with Crippen LogP contribution in [-0.2, 0) is 20.7 Å². The summed E-state index contributed by atoms with van der Waals surface area (Å²) in [6.45, 7) is 0.580. The fourth-order valence-electron chi connectivity index (χ4n) is 4.89. The highest BCUT2D eigenvalue weighted by Gasteiger charge is 2.32. The smallest absolute Gasteiger partial charge is 0.290 e. The number of aliphatic hydroxyl groups is 1. The van der Waals surface area contributed by atoms with E-state index in [2.05, 4.69) is 47.8 Å². The van der Waals surface area contributed by atoms with Crippen molar-refractivity contribution in [3.05, 3.63) is 95.3 Å². The van der Waals surface area contributed by atoms with Crippen molar-refractivity contribution < 1.29 is 19.4 Å². The number of ether oxygens (including phenoxy) is 2. The van der Waals surface area contributed by atoms with Gasteiger partial charge in [-0.2, -0.15) is 0 Å². The van der Waals surface area contributed by atoms with E-state index in [0.717, 1.165) is 12.8 Å². The Hall–Kier alpha value is -3.61. The first-order chi connectivity index (χ1) is 17.1. The highest BCUT2D eigenvalue weighted by molar-refractivity contribution is 6.04. The standard InChI is InChI=1S/C29H30N2O4/c30-25-12-3-4-13-26(25)31-29(33)27-17-20(18-28(35-27)34-15-6-5-14-32)22-10-7-11-23-21-9-2-1-8-19(21)16-24(22)23/h1-4,7-13,17,20,28,32H,5-6,14-16,18,30H2,(H,31,33)/t20-,28+/m1/s1. The van der Waals surface area contributed by atoms with Crippen LogP contribution < -0.4 is 11.1 Å². The van der Waals surface area contributed by atoms with E-state index in [1.165, 1.54) is 27.8 Å². The zero-order valence-corrected chi connectivity index (χ0v) is 19.6. The fraction of sp³-hybridized carbons (Fsp3) is 0.276. The minimum absolute atomic E-state index is 0.0373. The summed E-state index contributed by atoms with van der Waals surface area (Å²) >= 11 is 0. The normalized spacial score (nSPS) is 18.3. The van der Waals surface area contributed by atoms with Gasteiger partial charge < -0.3 is 25.6 Å². The van der Waals surface area contributed by atoms with Gasteiger partial charge in [-0.1, -0.05) is 54.6 Å². The van der Waals surface area contributed by atoms with Gasteiger partial charge in [0.1, 0.15) is 0 Å². The number of unbranched alkanes of at least 4 members (excludes halogenated alkanes) is 1. The van der Waals surface area contributed by atoms with Gasteiger partial charge in [0.25, 0.3) is 5.91 Å². The number of nitrogens with two attached hydrogens (primary N) is 1. The molecule has 2 atom stereocenters. The number of amides is 1. The first-order valence-electron chi connectivity index (χ1n) is 12.1. The number of benzene rings is 3. The van der Waals surface area contributed by atoms with Gasteiger partial charge in [0.15, 0.2) is 5.76 Å². The Morgan fingerprint density at radius 3 is 2.69 bits per heavy atom. The Kier molecular flexibility index (Phi) is 6.84. The van der Waals surface area contributed by atoms with Crippen LogP contribution in [-0.4, -0.2) is 30.5 Å². The summed E-state index contributed by atoms with van der Waals surface area (Å²) in [4.78, 5) is 13.2. The van der Waals surface area contributed by atoms with E-state index in [9.17, 15) is 4.79 Å². The number of nitrogen functional groups attached to an aromatic ring is 1. The van der Waals surface area contributed by atoms with Gasteiger partial charge in [0.2, 0.25) is 6.29 Å². The van der Waals surface area contributed by atoms with Crippen LogP contribution in [0.25, 0.3) is 11.1 Å². The van der Waals surface area contributed by atoms with E-state index in [0.29, 0.717) is 30.8 Å². The predicted octanol–water partition coefficient (Wildman–Crippen LogP) is 4.98. The van der Waals surface area contributed by atoms with Crippen LogP contribution in [0.1, 0.15) is 41.9 Å². The molecule has 0 saturated carbocycles. The van der Waals surface area contributed by atoms with Gasteiger partial charge in [-0.25, -0.2) is 0 Å². The first kappa shape index (κ1) is 23.1. The van der Waals surface area contributed by atoms with Crippen molar-refractivity contribution >= 4 is 17.3 Å². The van der Waals surface area contributed by atoms with Crippen LogP contribution in [0.2, 0.25) is 0 Å². The lowest BCUT2D eigenvalue weighted by molar-refractivity contribution is -0.143. The van der Waals surface area contributed by atoms with E-state index >= 15 is 0 Å². The molecular weight excluding hydrogens is 440 g/mol. The molecule has 0 radical (unpaired) electrons. The van der Waals surface area contributed by atoms with Crippen molar-refractivity contribution in [2.24, 2.45) is 0 Å². The molecule has 6 nitrogen and oxygen atoms in total. The maximum absolute atomic E-state index is 13.2. The zero-order chi connectivity index (χ0) is 24.2. The number of aliphatic hydroxyl groups excluding tert-OH is 1. The minimum Gasteiger partial charge on any atom is -0.459 e. The zero-order valence-electron chi connectivity index (χ0n) is 19.6. The lowest BCUT2D eigenvalue weighted by atomic mass is 9.87. The van der Waals surface area contributed by atoms with E-state index in [1.807, 2.05) is 18.2 Å². The molecule has 3 aromatic rings. The summed E-state index contributed by atoms with van der Waals surface area (Å²) < 4.78 is 12.0. The molecule has 1 aliphatic heterocycles. The number of para-hydroxylation sites is 2. The third-order valence-electron chi connectivity index (χ3n) is 6.63. The van der Waals surface area contributed by atoms with E-state index in [-0.39, 0.29) is 24.2 Å². The maximum atomic E-state index is 13.2. The molecule has 1 heterocycles. The summed E-state index contributed by atoms with van der Waals surface area (Å²) in [6, 6.07) is 22.0. The second-order valence-electron chi connectivity index (χ2n) is 8.97. The molecule has 180 valence electrons. The molecule has 3 aromatic carbocycles. The third-order valence-corrected chi connectivity index (χ3v) is 6.63. The van der Waals surface area contributed by atoms with Gasteiger partial charge in [0, 0.05) is 18.9 Å². The number of anilines is 2. The topological polar surface area (TPSA) is 93.8 Å². The number of hydrogen-bond acceptors (Lipinski definition) is 5. The van der Waals surface area contributed by atoms with Crippen molar-refractivity contribution in [2.75, 3.05) is 24.3 Å². The average molecular weight is 471 g/mol. The molecule has 0 unspecified atom stereocenters. The van der Waals surface area contributed by atoms with Crippen molar-refractivity contribution in [3.63, 3.8) is 0 Å². The van der Waals surface area contributed by atoms with Gasteiger partial charge >= 0.3 is 0 Å². The number of allylic oxidation sites excluding steroid dienone is 1. The first-order valence-corrected chi connectivity index (χ1v) is 12.1. The van der Waals surface area contributed by atoms with Crippen molar-refractivity contribution in [1.29, 1.82) is 0 Å². The molecule has 4 N–H and O–H groups in total. The minimum atomic E-state index is -0.558. The number of carbonyl (C=O) groups is 1. The Labute approximate surface area is 205 Å². The molecular formula is C29H30N2O4. The lowest BCUT2D eigenvalue weighted by Gasteiger charge is -2.30. The summed E-state index contributed by atoms with van der Waals surface area (Å²) in [5.41, 5.74) is 13.4. The number of carbonyl (C=O) groups excluding carboxylic acids is 1. The van der Waals surface area contributed by atoms with Crippen molar-refractivity contribution in [1.82, 2.24) is 0 Å². The molecule has 2 aliphatic rings. The molecule has 0 fully saturated rings. The number of nitrogens with one attached hydrogen (secondary N) is 1. The summed E-state index contributed by atoms with van der Waals surface area (Å²) in [5, 5.41) is 11.9. The molecule has 0 aromatic heterocycles. The highest BCUT2D eigenvalue weighted by Crippen LogP contribution is 2.43. The number of fused-ring (bicyclic) bond motifs is 3. The van der Waals surface area contributed by atoms with Gasteiger partial charge in [-0.05, 0) is 65.3 Å². The van der Waals surface area contributed by atoms with Crippen molar-refractivity contribution in [3.8, 4) is 11.1 Å². The van der Waals surface area contributed by atoms with E-state index in [1.54, 1.807) is 12.1 Å². The lowest BCUT2D eigenvalue weighted by Crippen LogP contribution is -2.30. The van der Waals surface area contributed by atoms with Gasteiger partial charge in [-0.15, -0.1) is 0 Å².